The first kappa shape index (κ1) is 19.3. The number of aryl methyl sites for hydroxylation is 1. The highest BCUT2D eigenvalue weighted by molar-refractivity contribution is 6.01. The molecule has 0 unspecified atom stereocenters. The molecule has 0 spiro atoms. The average Bonchev–Trinajstić information content (AvgIpc) is 3.32. The molecule has 0 bridgehead atoms. The molecule has 0 saturated heterocycles. The van der Waals surface area contributed by atoms with Gasteiger partial charge in [0.05, 0.1) is 5.52 Å². The Balaban J connectivity index is 1.57. The second-order valence-electron chi connectivity index (χ2n) is 7.42. The zero-order valence-electron chi connectivity index (χ0n) is 17.2. The van der Waals surface area contributed by atoms with Crippen molar-refractivity contribution in [3.8, 4) is 11.3 Å². The van der Waals surface area contributed by atoms with Crippen LogP contribution in [0.2, 0.25) is 0 Å². The molecule has 1 aromatic carbocycles. The van der Waals surface area contributed by atoms with E-state index < -0.39 is 0 Å². The van der Waals surface area contributed by atoms with Gasteiger partial charge >= 0.3 is 0 Å². The molecule has 0 aliphatic heterocycles. The Bertz CT molecular complexity index is 1150. The van der Waals surface area contributed by atoms with E-state index in [0.717, 1.165) is 65.1 Å². The molecular formula is C23H27N5O. The van der Waals surface area contributed by atoms with Crippen LogP contribution in [0.15, 0.2) is 36.5 Å². The topological polar surface area (TPSA) is 77.7 Å². The number of nitrogens with zero attached hydrogens (tertiary/aromatic N) is 3. The van der Waals surface area contributed by atoms with Crippen LogP contribution in [0.4, 0.5) is 0 Å². The molecule has 0 saturated carbocycles. The molecule has 0 amide bonds. The third-order valence-electron chi connectivity index (χ3n) is 5.52. The highest BCUT2D eigenvalue weighted by Crippen LogP contribution is 2.29. The third-order valence-corrected chi connectivity index (χ3v) is 5.52. The first-order valence-corrected chi connectivity index (χ1v) is 10.3. The molecule has 3 aromatic heterocycles. The van der Waals surface area contributed by atoms with Gasteiger partial charge in [0.15, 0.2) is 11.4 Å². The highest BCUT2D eigenvalue weighted by atomic mass is 16.1. The van der Waals surface area contributed by atoms with Crippen LogP contribution >= 0.6 is 0 Å². The third kappa shape index (κ3) is 3.93. The molecule has 29 heavy (non-hydrogen) atoms. The predicted octanol–water partition coefficient (Wildman–Crippen LogP) is 4.72. The molecule has 4 rings (SSSR count). The number of rotatable bonds is 8. The van der Waals surface area contributed by atoms with Gasteiger partial charge in [-0.25, -0.2) is 9.97 Å². The number of carbonyl (C=O) groups is 1. The number of pyridine rings is 1. The van der Waals surface area contributed by atoms with Crippen LogP contribution in [0.25, 0.3) is 33.3 Å². The van der Waals surface area contributed by atoms with Gasteiger partial charge in [-0.1, -0.05) is 26.0 Å². The van der Waals surface area contributed by atoms with E-state index >= 15 is 0 Å². The summed E-state index contributed by atoms with van der Waals surface area (Å²) in [5, 5.41) is 1.08. The van der Waals surface area contributed by atoms with Crippen LogP contribution in [-0.4, -0.2) is 50.3 Å². The number of ketones is 1. The van der Waals surface area contributed by atoms with Crippen molar-refractivity contribution < 1.29 is 4.79 Å². The van der Waals surface area contributed by atoms with E-state index in [-0.39, 0.29) is 5.78 Å². The van der Waals surface area contributed by atoms with E-state index in [1.54, 1.807) is 6.20 Å². The SMILES string of the molecule is CCN(CC)CCCC(=O)c1ccc2cc(-c3ccnc4nc(C)[nH]c34)[nH]c2c1. The van der Waals surface area contributed by atoms with Crippen molar-refractivity contribution in [1.82, 2.24) is 24.8 Å². The van der Waals surface area contributed by atoms with Gasteiger partial charge in [-0.2, -0.15) is 0 Å². The van der Waals surface area contributed by atoms with Gasteiger partial charge in [0.1, 0.15) is 5.82 Å². The summed E-state index contributed by atoms with van der Waals surface area (Å²) in [6, 6.07) is 10.00. The Labute approximate surface area is 170 Å². The Kier molecular flexibility index (Phi) is 5.45. The van der Waals surface area contributed by atoms with Gasteiger partial charge in [-0.05, 0) is 51.2 Å². The molecule has 0 aliphatic carbocycles. The van der Waals surface area contributed by atoms with Gasteiger partial charge in [0.2, 0.25) is 0 Å². The van der Waals surface area contributed by atoms with Crippen LogP contribution in [0, 0.1) is 6.92 Å². The van der Waals surface area contributed by atoms with Gasteiger partial charge in [0, 0.05) is 40.3 Å². The standard InChI is InChI=1S/C23H27N5O/c1-4-28(5-2)12-6-7-21(29)17-9-8-16-13-20(27-19(16)14-17)18-10-11-24-23-22(18)25-15(3)26-23/h8-11,13-14,27H,4-7,12H2,1-3H3,(H,24,25,26). The van der Waals surface area contributed by atoms with Crippen LogP contribution < -0.4 is 0 Å². The van der Waals surface area contributed by atoms with Crippen LogP contribution in [0.1, 0.15) is 42.9 Å². The minimum Gasteiger partial charge on any atom is -0.354 e. The molecule has 0 radical (unpaired) electrons. The molecule has 4 aromatic rings. The Morgan fingerprint density at radius 3 is 2.72 bits per heavy atom. The summed E-state index contributed by atoms with van der Waals surface area (Å²) in [6.07, 6.45) is 3.24. The lowest BCUT2D eigenvalue weighted by molar-refractivity contribution is 0.0975. The van der Waals surface area contributed by atoms with Crippen molar-refractivity contribution in [3.05, 3.63) is 47.9 Å². The number of aromatic amines is 2. The molecule has 6 heteroatoms. The first-order valence-electron chi connectivity index (χ1n) is 10.3. The fourth-order valence-corrected chi connectivity index (χ4v) is 3.84. The smallest absolute Gasteiger partial charge is 0.178 e. The fourth-order valence-electron chi connectivity index (χ4n) is 3.84. The van der Waals surface area contributed by atoms with E-state index in [9.17, 15) is 4.79 Å². The maximum Gasteiger partial charge on any atom is 0.178 e. The number of imidazole rings is 1. The number of nitrogens with one attached hydrogen (secondary N) is 2. The number of carbonyl (C=O) groups excluding carboxylic acids is 1. The van der Waals surface area contributed by atoms with E-state index in [1.807, 2.05) is 31.2 Å². The van der Waals surface area contributed by atoms with E-state index in [1.165, 1.54) is 0 Å². The van der Waals surface area contributed by atoms with Crippen molar-refractivity contribution in [2.45, 2.75) is 33.6 Å². The zero-order chi connectivity index (χ0) is 20.4. The fraction of sp³-hybridized carbons (Fsp3) is 0.348. The van der Waals surface area contributed by atoms with Crippen molar-refractivity contribution in [1.29, 1.82) is 0 Å². The quantitative estimate of drug-likeness (QED) is 0.428. The normalized spacial score (nSPS) is 11.7. The number of aromatic nitrogens is 4. The predicted molar refractivity (Wildman–Crippen MR) is 117 cm³/mol. The summed E-state index contributed by atoms with van der Waals surface area (Å²) < 4.78 is 0. The van der Waals surface area contributed by atoms with E-state index in [2.05, 4.69) is 44.7 Å². The summed E-state index contributed by atoms with van der Waals surface area (Å²) in [5.41, 5.74) is 5.38. The average molecular weight is 390 g/mol. The number of hydrogen-bond donors (Lipinski definition) is 2. The van der Waals surface area contributed by atoms with Crippen molar-refractivity contribution in [2.24, 2.45) is 0 Å². The van der Waals surface area contributed by atoms with Crippen molar-refractivity contribution in [3.63, 3.8) is 0 Å². The highest BCUT2D eigenvalue weighted by Gasteiger charge is 2.13. The molecular weight excluding hydrogens is 362 g/mol. The van der Waals surface area contributed by atoms with Crippen LogP contribution in [0.5, 0.6) is 0 Å². The Morgan fingerprint density at radius 1 is 1.10 bits per heavy atom. The minimum absolute atomic E-state index is 0.200. The lowest BCUT2D eigenvalue weighted by Crippen LogP contribution is -2.24. The first-order chi connectivity index (χ1) is 14.1. The molecule has 0 atom stereocenters. The second kappa shape index (κ2) is 8.17. The molecule has 0 aliphatic rings. The molecule has 6 nitrogen and oxygen atoms in total. The summed E-state index contributed by atoms with van der Waals surface area (Å²) >= 11 is 0. The maximum atomic E-state index is 12.6. The molecule has 3 heterocycles. The van der Waals surface area contributed by atoms with E-state index in [0.29, 0.717) is 12.1 Å². The molecule has 0 fully saturated rings. The maximum absolute atomic E-state index is 12.6. The van der Waals surface area contributed by atoms with Gasteiger partial charge < -0.3 is 14.9 Å². The lowest BCUT2D eigenvalue weighted by Gasteiger charge is -2.17. The molecule has 150 valence electrons. The number of H-pyrrole nitrogens is 2. The Hall–Kier alpha value is -2.99. The summed E-state index contributed by atoms with van der Waals surface area (Å²) in [7, 11) is 0. The van der Waals surface area contributed by atoms with Gasteiger partial charge in [-0.3, -0.25) is 4.79 Å². The second-order valence-corrected chi connectivity index (χ2v) is 7.42. The summed E-state index contributed by atoms with van der Waals surface area (Å²) in [5.74, 6) is 1.04. The number of fused-ring (bicyclic) bond motifs is 2. The summed E-state index contributed by atoms with van der Waals surface area (Å²) in [4.78, 5) is 30.5. The summed E-state index contributed by atoms with van der Waals surface area (Å²) in [6.45, 7) is 9.26. The zero-order valence-corrected chi connectivity index (χ0v) is 17.2. The van der Waals surface area contributed by atoms with Crippen LogP contribution in [-0.2, 0) is 0 Å². The number of hydrogen-bond acceptors (Lipinski definition) is 4. The van der Waals surface area contributed by atoms with E-state index in [4.69, 9.17) is 0 Å². The number of Topliss-reactive ketones (excluding diaryl/α,β-unsaturated/α-hetero) is 1. The monoisotopic (exact) mass is 389 g/mol. The number of benzene rings is 1. The minimum atomic E-state index is 0.200. The Morgan fingerprint density at radius 2 is 1.93 bits per heavy atom. The molecule has 2 N–H and O–H groups in total. The van der Waals surface area contributed by atoms with Gasteiger partial charge in [0.25, 0.3) is 0 Å². The van der Waals surface area contributed by atoms with Crippen molar-refractivity contribution >= 4 is 27.9 Å². The van der Waals surface area contributed by atoms with Crippen LogP contribution in [0.3, 0.4) is 0 Å². The largest absolute Gasteiger partial charge is 0.354 e. The lowest BCUT2D eigenvalue weighted by atomic mass is 10.0. The van der Waals surface area contributed by atoms with Gasteiger partial charge in [-0.15, -0.1) is 0 Å². The van der Waals surface area contributed by atoms with Crippen molar-refractivity contribution in [2.75, 3.05) is 19.6 Å².